The van der Waals surface area contributed by atoms with Crippen molar-refractivity contribution < 1.29 is 27.9 Å². The van der Waals surface area contributed by atoms with E-state index in [1.54, 1.807) is 13.8 Å². The molecular weight excluding hydrogens is 263 g/mol. The molecule has 0 heterocycles. The van der Waals surface area contributed by atoms with Gasteiger partial charge in [0.25, 0.3) is 0 Å². The number of amides is 1. The second-order valence-electron chi connectivity index (χ2n) is 4.84. The van der Waals surface area contributed by atoms with Gasteiger partial charge < -0.3 is 10.0 Å². The molecule has 1 fully saturated rings. The number of hydrogen-bond donors (Lipinski definition) is 1. The third-order valence-electron chi connectivity index (χ3n) is 3.44. The molecule has 1 saturated carbocycles. The predicted molar refractivity (Wildman–Crippen MR) is 61.4 cm³/mol. The van der Waals surface area contributed by atoms with Crippen LogP contribution in [0.2, 0.25) is 0 Å². The first-order valence-corrected chi connectivity index (χ1v) is 6.31. The zero-order valence-electron chi connectivity index (χ0n) is 10.9. The Hall–Kier alpha value is -1.27. The summed E-state index contributed by atoms with van der Waals surface area (Å²) in [5.41, 5.74) is 0. The summed E-state index contributed by atoms with van der Waals surface area (Å²) < 4.78 is 37.6. The summed E-state index contributed by atoms with van der Waals surface area (Å²) in [6.07, 6.45) is -3.49. The molecule has 7 heteroatoms. The van der Waals surface area contributed by atoms with E-state index in [9.17, 15) is 22.8 Å². The van der Waals surface area contributed by atoms with Gasteiger partial charge in [-0.15, -0.1) is 0 Å². The van der Waals surface area contributed by atoms with E-state index in [1.807, 2.05) is 0 Å². The quantitative estimate of drug-likeness (QED) is 0.812. The topological polar surface area (TPSA) is 57.6 Å². The number of carbonyl (C=O) groups excluding carboxylic acids is 1. The average molecular weight is 281 g/mol. The van der Waals surface area contributed by atoms with E-state index in [4.69, 9.17) is 5.11 Å². The lowest BCUT2D eigenvalue weighted by Crippen LogP contribution is -2.46. The molecule has 1 aliphatic rings. The van der Waals surface area contributed by atoms with Crippen LogP contribution in [0.25, 0.3) is 0 Å². The molecule has 2 unspecified atom stereocenters. The molecule has 2 atom stereocenters. The van der Waals surface area contributed by atoms with Gasteiger partial charge in [-0.25, -0.2) is 0 Å². The molecule has 0 radical (unpaired) electrons. The minimum Gasteiger partial charge on any atom is -0.481 e. The molecule has 0 aromatic heterocycles. The van der Waals surface area contributed by atoms with E-state index in [-0.39, 0.29) is 6.42 Å². The minimum atomic E-state index is -4.47. The van der Waals surface area contributed by atoms with Crippen LogP contribution in [0.1, 0.15) is 33.1 Å². The first-order chi connectivity index (χ1) is 8.71. The number of alkyl halides is 3. The second-order valence-corrected chi connectivity index (χ2v) is 4.84. The van der Waals surface area contributed by atoms with E-state index in [1.165, 1.54) is 0 Å². The highest BCUT2D eigenvalue weighted by Gasteiger charge is 2.51. The minimum absolute atomic E-state index is 0.142. The Morgan fingerprint density at radius 3 is 2.11 bits per heavy atom. The number of nitrogens with zero attached hydrogens (tertiary/aromatic N) is 1. The van der Waals surface area contributed by atoms with Crippen molar-refractivity contribution in [3.8, 4) is 0 Å². The van der Waals surface area contributed by atoms with Crippen molar-refractivity contribution in [1.29, 1.82) is 0 Å². The van der Waals surface area contributed by atoms with Crippen molar-refractivity contribution in [3.05, 3.63) is 0 Å². The summed E-state index contributed by atoms with van der Waals surface area (Å²) in [5.74, 6) is -3.41. The Balaban J connectivity index is 2.79. The number of carbonyl (C=O) groups is 2. The van der Waals surface area contributed by atoms with Crippen molar-refractivity contribution in [2.45, 2.75) is 45.3 Å². The van der Waals surface area contributed by atoms with Gasteiger partial charge in [0.15, 0.2) is 0 Å². The number of rotatable bonds is 6. The molecule has 0 saturated heterocycles. The van der Waals surface area contributed by atoms with Crippen LogP contribution < -0.4 is 0 Å². The molecule has 110 valence electrons. The molecule has 4 nitrogen and oxygen atoms in total. The summed E-state index contributed by atoms with van der Waals surface area (Å²) in [5, 5.41) is 8.75. The lowest BCUT2D eigenvalue weighted by molar-refractivity contribution is -0.167. The third kappa shape index (κ3) is 4.11. The van der Waals surface area contributed by atoms with E-state index in [0.717, 1.165) is 4.90 Å². The molecule has 0 aliphatic heterocycles. The van der Waals surface area contributed by atoms with Gasteiger partial charge in [0.1, 0.15) is 6.54 Å². The van der Waals surface area contributed by atoms with Gasteiger partial charge in [0, 0.05) is 6.04 Å². The van der Waals surface area contributed by atoms with Crippen molar-refractivity contribution in [2.24, 2.45) is 11.8 Å². The van der Waals surface area contributed by atoms with E-state index < -0.39 is 42.5 Å². The van der Waals surface area contributed by atoms with Gasteiger partial charge >= 0.3 is 12.1 Å². The van der Waals surface area contributed by atoms with Crippen LogP contribution in [0.3, 0.4) is 0 Å². The maximum Gasteiger partial charge on any atom is 0.406 e. The van der Waals surface area contributed by atoms with E-state index in [2.05, 4.69) is 0 Å². The van der Waals surface area contributed by atoms with Crippen LogP contribution in [0, 0.1) is 11.8 Å². The first-order valence-electron chi connectivity index (χ1n) is 6.31. The number of carboxylic acids is 1. The van der Waals surface area contributed by atoms with E-state index >= 15 is 0 Å². The molecule has 0 bridgehead atoms. The molecule has 0 spiro atoms. The van der Waals surface area contributed by atoms with Crippen molar-refractivity contribution in [3.63, 3.8) is 0 Å². The SMILES string of the molecule is CCC(CC)N(CC(F)(F)F)C(=O)C1CC1C(=O)O. The van der Waals surface area contributed by atoms with Crippen LogP contribution in [-0.4, -0.2) is 40.6 Å². The monoisotopic (exact) mass is 281 g/mol. The van der Waals surface area contributed by atoms with Crippen LogP contribution in [0.4, 0.5) is 13.2 Å². The summed E-state index contributed by atoms with van der Waals surface area (Å²) in [6.45, 7) is 2.12. The van der Waals surface area contributed by atoms with Crippen molar-refractivity contribution >= 4 is 11.9 Å². The molecule has 19 heavy (non-hydrogen) atoms. The highest BCUT2D eigenvalue weighted by molar-refractivity contribution is 5.89. The Morgan fingerprint density at radius 2 is 1.79 bits per heavy atom. The lowest BCUT2D eigenvalue weighted by Gasteiger charge is -2.31. The highest BCUT2D eigenvalue weighted by atomic mass is 19.4. The molecule has 1 rings (SSSR count). The van der Waals surface area contributed by atoms with Gasteiger partial charge in [-0.05, 0) is 19.3 Å². The fourth-order valence-corrected chi connectivity index (χ4v) is 2.26. The maximum atomic E-state index is 12.5. The van der Waals surface area contributed by atoms with Gasteiger partial charge in [-0.3, -0.25) is 9.59 Å². The standard InChI is InChI=1S/C12H18F3NO3/c1-3-7(4-2)16(6-12(13,14)15)10(17)8-5-9(8)11(18)19/h7-9H,3-6H2,1-2H3,(H,18,19). The molecule has 1 aliphatic carbocycles. The van der Waals surface area contributed by atoms with E-state index in [0.29, 0.717) is 12.8 Å². The fraction of sp³-hybridized carbons (Fsp3) is 0.833. The third-order valence-corrected chi connectivity index (χ3v) is 3.44. The second kappa shape index (κ2) is 5.79. The molecule has 0 aromatic rings. The summed E-state index contributed by atoms with van der Waals surface area (Å²) in [4.78, 5) is 23.5. The van der Waals surface area contributed by atoms with Gasteiger partial charge in [-0.2, -0.15) is 13.2 Å². The first kappa shape index (κ1) is 15.8. The fourth-order valence-electron chi connectivity index (χ4n) is 2.26. The largest absolute Gasteiger partial charge is 0.481 e. The van der Waals surface area contributed by atoms with Crippen LogP contribution in [0.15, 0.2) is 0 Å². The number of carboxylic acid groups (broad SMARTS) is 1. The molecular formula is C12H18F3NO3. The van der Waals surface area contributed by atoms with Crippen LogP contribution in [-0.2, 0) is 9.59 Å². The number of aliphatic carboxylic acids is 1. The Bertz CT molecular complexity index is 353. The Labute approximate surface area is 109 Å². The van der Waals surface area contributed by atoms with Crippen molar-refractivity contribution in [1.82, 2.24) is 4.90 Å². The average Bonchev–Trinajstić information content (AvgIpc) is 3.06. The Morgan fingerprint density at radius 1 is 1.26 bits per heavy atom. The lowest BCUT2D eigenvalue weighted by atomic mass is 10.1. The summed E-state index contributed by atoms with van der Waals surface area (Å²) in [6, 6.07) is -0.496. The molecule has 1 amide bonds. The Kier molecular flexibility index (Phi) is 4.81. The zero-order chi connectivity index (χ0) is 14.8. The van der Waals surface area contributed by atoms with Gasteiger partial charge in [0.05, 0.1) is 11.8 Å². The van der Waals surface area contributed by atoms with Crippen molar-refractivity contribution in [2.75, 3.05) is 6.54 Å². The summed E-state index contributed by atoms with van der Waals surface area (Å²) in [7, 11) is 0. The summed E-state index contributed by atoms with van der Waals surface area (Å²) >= 11 is 0. The van der Waals surface area contributed by atoms with Gasteiger partial charge in [-0.1, -0.05) is 13.8 Å². The normalized spacial score (nSPS) is 22.4. The van der Waals surface area contributed by atoms with Crippen LogP contribution >= 0.6 is 0 Å². The highest BCUT2D eigenvalue weighted by Crippen LogP contribution is 2.41. The number of hydrogen-bond acceptors (Lipinski definition) is 2. The van der Waals surface area contributed by atoms with Crippen LogP contribution in [0.5, 0.6) is 0 Å². The molecule has 1 N–H and O–H groups in total. The van der Waals surface area contributed by atoms with Gasteiger partial charge in [0.2, 0.25) is 5.91 Å². The zero-order valence-corrected chi connectivity index (χ0v) is 10.9. The smallest absolute Gasteiger partial charge is 0.406 e. The maximum absolute atomic E-state index is 12.5. The predicted octanol–water partition coefficient (Wildman–Crippen LogP) is 2.29. The molecule has 0 aromatic carbocycles. The number of halogens is 3.